The van der Waals surface area contributed by atoms with Crippen molar-refractivity contribution >= 4 is 23.0 Å². The van der Waals surface area contributed by atoms with Gasteiger partial charge in [0.25, 0.3) is 11.8 Å². The quantitative estimate of drug-likeness (QED) is 0.181. The number of fused-ring (bicyclic) bond motifs is 3. The number of allylic oxidation sites excluding steroid dienone is 4. The van der Waals surface area contributed by atoms with Gasteiger partial charge in [-0.25, -0.2) is 0 Å². The van der Waals surface area contributed by atoms with Gasteiger partial charge in [-0.2, -0.15) is 5.26 Å². The van der Waals surface area contributed by atoms with Gasteiger partial charge >= 0.3 is 0 Å². The third-order valence-corrected chi connectivity index (χ3v) is 10.5. The van der Waals surface area contributed by atoms with E-state index in [1.165, 1.54) is 67.0 Å². The number of nitrogens with zero attached hydrogens (tertiary/aromatic N) is 2. The van der Waals surface area contributed by atoms with Crippen molar-refractivity contribution < 1.29 is 9.59 Å². The van der Waals surface area contributed by atoms with E-state index in [2.05, 4.69) is 105 Å². The van der Waals surface area contributed by atoms with Crippen LogP contribution in [-0.4, -0.2) is 23.3 Å². The Balaban J connectivity index is 0.000000203. The predicted octanol–water partition coefficient (Wildman–Crippen LogP) is 11.6. The maximum atomic E-state index is 12.5. The molecule has 4 heteroatoms. The number of amides is 2. The van der Waals surface area contributed by atoms with E-state index in [1.54, 1.807) is 24.3 Å². The number of aryl methyl sites for hydroxylation is 2. The third kappa shape index (κ3) is 7.90. The van der Waals surface area contributed by atoms with Crippen molar-refractivity contribution in [3.8, 4) is 6.07 Å². The zero-order valence-corrected chi connectivity index (χ0v) is 30.7. The predicted molar refractivity (Wildman–Crippen MR) is 200 cm³/mol. The van der Waals surface area contributed by atoms with Gasteiger partial charge in [0.2, 0.25) is 0 Å². The summed E-state index contributed by atoms with van der Waals surface area (Å²) in [5, 5.41) is 8.63. The van der Waals surface area contributed by atoms with Gasteiger partial charge in [-0.05, 0) is 105 Å². The highest BCUT2D eigenvalue weighted by Crippen LogP contribution is 2.45. The fourth-order valence-corrected chi connectivity index (χ4v) is 6.90. The summed E-state index contributed by atoms with van der Waals surface area (Å²) in [6.07, 6.45) is 5.66. The van der Waals surface area contributed by atoms with Crippen LogP contribution in [0.1, 0.15) is 153 Å². The molecule has 2 aliphatic carbocycles. The number of imide groups is 1. The summed E-state index contributed by atoms with van der Waals surface area (Å²) in [6.45, 7) is 20.4. The molecule has 1 heterocycles. The number of carbonyl (C=O) groups is 2. The average molecular weight is 643 g/mol. The van der Waals surface area contributed by atoms with Gasteiger partial charge in [0.15, 0.2) is 0 Å². The normalized spacial score (nSPS) is 17.5. The third-order valence-electron chi connectivity index (χ3n) is 10.5. The van der Waals surface area contributed by atoms with E-state index in [1.807, 2.05) is 0 Å². The van der Waals surface area contributed by atoms with E-state index in [0.717, 1.165) is 31.6 Å². The van der Waals surface area contributed by atoms with E-state index in [9.17, 15) is 9.59 Å². The summed E-state index contributed by atoms with van der Waals surface area (Å²) in [5.74, 6) is 1.55. The van der Waals surface area contributed by atoms with Crippen LogP contribution in [0.3, 0.4) is 0 Å². The fourth-order valence-electron chi connectivity index (χ4n) is 6.90. The summed E-state index contributed by atoms with van der Waals surface area (Å²) in [7, 11) is 0. The Morgan fingerprint density at radius 2 is 1.15 bits per heavy atom. The van der Waals surface area contributed by atoms with Crippen LogP contribution in [0.25, 0.3) is 11.1 Å². The molecular formula is C44H54N2O2. The lowest BCUT2D eigenvalue weighted by atomic mass is 9.97. The van der Waals surface area contributed by atoms with Crippen molar-refractivity contribution in [2.45, 2.75) is 113 Å². The van der Waals surface area contributed by atoms with Crippen LogP contribution in [0.2, 0.25) is 0 Å². The largest absolute Gasteiger partial charge is 0.274 e. The lowest BCUT2D eigenvalue weighted by Gasteiger charge is -2.14. The van der Waals surface area contributed by atoms with E-state index in [4.69, 9.17) is 5.26 Å². The van der Waals surface area contributed by atoms with Crippen molar-refractivity contribution in [2.24, 2.45) is 5.92 Å². The molecule has 0 aromatic heterocycles. The lowest BCUT2D eigenvalue weighted by Crippen LogP contribution is -2.30. The SMILES string of the molecule is CC1=C(CCCC#N)c2cc(C)ccc2C1C.CC1=C(CCCN2C(=O)c3ccccc3C2=O)c2cc(C)ccc2C1C.CCC(C)C. The standard InChI is InChI=1S/C23H23NO2.C16H19N.C5H12/c1-14-10-11-18-16(3)15(2)17(21(18)13-14)9-6-12-24-22(25)19-7-4-5-8-20(19)23(24)26;1-11-7-8-15-13(3)12(2)14(16(15)10-11)6-4-5-9-17;1-4-5(2)3/h4-5,7-8,10-11,13,16H,6,9,12H2,1-3H3;7-8,10,13H,4-6H2,1-3H3;5H,4H2,1-3H3. The number of hydrogen-bond acceptors (Lipinski definition) is 3. The first kappa shape index (κ1) is 36.6. The molecule has 0 radical (unpaired) electrons. The highest BCUT2D eigenvalue weighted by atomic mass is 16.2. The Morgan fingerprint density at radius 1 is 0.708 bits per heavy atom. The fraction of sp³-hybridized carbons (Fsp3) is 0.432. The van der Waals surface area contributed by atoms with Gasteiger partial charge in [-0.15, -0.1) is 0 Å². The molecule has 0 saturated heterocycles. The van der Waals surface area contributed by atoms with Crippen LogP contribution in [0.5, 0.6) is 0 Å². The summed E-state index contributed by atoms with van der Waals surface area (Å²) >= 11 is 0. The molecule has 0 spiro atoms. The van der Waals surface area contributed by atoms with Crippen LogP contribution >= 0.6 is 0 Å². The number of rotatable bonds is 8. The van der Waals surface area contributed by atoms with Crippen molar-refractivity contribution in [1.82, 2.24) is 4.90 Å². The maximum absolute atomic E-state index is 12.5. The first-order chi connectivity index (χ1) is 22.9. The smallest absolute Gasteiger partial charge is 0.261 e. The van der Waals surface area contributed by atoms with Gasteiger partial charge in [-0.3, -0.25) is 14.5 Å². The Kier molecular flexibility index (Phi) is 12.4. The van der Waals surface area contributed by atoms with Crippen molar-refractivity contribution in [2.75, 3.05) is 6.54 Å². The van der Waals surface area contributed by atoms with Gasteiger partial charge < -0.3 is 0 Å². The van der Waals surface area contributed by atoms with Gasteiger partial charge in [-0.1, -0.05) is 112 Å². The molecule has 2 amide bonds. The number of nitriles is 1. The Bertz CT molecular complexity index is 1730. The second kappa shape index (κ2) is 16.2. The molecule has 48 heavy (non-hydrogen) atoms. The van der Waals surface area contributed by atoms with Crippen molar-refractivity contribution in [3.05, 3.63) is 116 Å². The molecule has 4 nitrogen and oxygen atoms in total. The van der Waals surface area contributed by atoms with Gasteiger partial charge in [0.1, 0.15) is 0 Å². The first-order valence-electron chi connectivity index (χ1n) is 17.8. The molecule has 3 aromatic rings. The molecule has 1 aliphatic heterocycles. The van der Waals surface area contributed by atoms with Crippen molar-refractivity contribution in [1.29, 1.82) is 5.26 Å². The molecule has 3 aliphatic rings. The summed E-state index contributed by atoms with van der Waals surface area (Å²) in [5.41, 5.74) is 15.0. The van der Waals surface area contributed by atoms with Crippen LogP contribution in [0.15, 0.2) is 71.8 Å². The number of hydrogen-bond donors (Lipinski definition) is 0. The Morgan fingerprint density at radius 3 is 1.56 bits per heavy atom. The molecule has 6 rings (SSSR count). The number of carbonyl (C=O) groups excluding carboxylic acids is 2. The Hall–Kier alpha value is -4.23. The molecule has 0 bridgehead atoms. The van der Waals surface area contributed by atoms with Crippen molar-refractivity contribution in [3.63, 3.8) is 0 Å². The number of benzene rings is 3. The maximum Gasteiger partial charge on any atom is 0.261 e. The zero-order valence-electron chi connectivity index (χ0n) is 30.7. The second-order valence-electron chi connectivity index (χ2n) is 14.2. The summed E-state index contributed by atoms with van der Waals surface area (Å²) in [4.78, 5) is 26.4. The lowest BCUT2D eigenvalue weighted by molar-refractivity contribution is 0.0653. The molecule has 2 atom stereocenters. The van der Waals surface area contributed by atoms with Crippen LogP contribution in [0, 0.1) is 31.1 Å². The summed E-state index contributed by atoms with van der Waals surface area (Å²) in [6, 6.07) is 22.7. The van der Waals surface area contributed by atoms with Gasteiger partial charge in [0.05, 0.1) is 17.2 Å². The van der Waals surface area contributed by atoms with Gasteiger partial charge in [0, 0.05) is 24.8 Å². The highest BCUT2D eigenvalue weighted by Gasteiger charge is 2.35. The van der Waals surface area contributed by atoms with E-state index < -0.39 is 0 Å². The average Bonchev–Trinajstić information content (AvgIpc) is 3.56. The number of unbranched alkanes of at least 4 members (excludes halogenated alkanes) is 1. The van der Waals surface area contributed by atoms with E-state index >= 15 is 0 Å². The highest BCUT2D eigenvalue weighted by molar-refractivity contribution is 6.21. The minimum atomic E-state index is -0.160. The summed E-state index contributed by atoms with van der Waals surface area (Å²) < 4.78 is 0. The van der Waals surface area contributed by atoms with E-state index in [-0.39, 0.29) is 11.8 Å². The van der Waals surface area contributed by atoms with Crippen LogP contribution in [0.4, 0.5) is 0 Å². The minimum absolute atomic E-state index is 0.160. The Labute approximate surface area is 289 Å². The van der Waals surface area contributed by atoms with Crippen LogP contribution < -0.4 is 0 Å². The molecule has 0 fully saturated rings. The molecule has 2 unspecified atom stereocenters. The zero-order chi connectivity index (χ0) is 35.1. The first-order valence-corrected chi connectivity index (χ1v) is 17.8. The van der Waals surface area contributed by atoms with E-state index in [0.29, 0.717) is 35.9 Å². The molecular weight excluding hydrogens is 588 g/mol. The molecule has 0 N–H and O–H groups in total. The monoisotopic (exact) mass is 642 g/mol. The molecule has 252 valence electrons. The minimum Gasteiger partial charge on any atom is -0.274 e. The topological polar surface area (TPSA) is 61.2 Å². The molecule has 3 aromatic carbocycles. The van der Waals surface area contributed by atoms with Crippen LogP contribution in [-0.2, 0) is 0 Å². The second-order valence-corrected chi connectivity index (χ2v) is 14.2. The molecule has 0 saturated carbocycles.